The number of ether oxygens (including phenoxy) is 4. The third kappa shape index (κ3) is 18.9. The number of urea groups is 1. The lowest BCUT2D eigenvalue weighted by atomic mass is 9.97. The van der Waals surface area contributed by atoms with Crippen LogP contribution < -0.4 is 26.6 Å². The summed E-state index contributed by atoms with van der Waals surface area (Å²) in [4.78, 5) is 66.9. The summed E-state index contributed by atoms with van der Waals surface area (Å²) in [6.45, 7) is 9.78. The number of nitrogens with zero attached hydrogens (tertiary/aromatic N) is 1. The summed E-state index contributed by atoms with van der Waals surface area (Å²) in [5.41, 5.74) is 1.79. The molecule has 3 aliphatic rings. The highest BCUT2D eigenvalue weighted by Crippen LogP contribution is 2.33. The number of fused-ring (bicyclic) bond motifs is 3. The van der Waals surface area contributed by atoms with E-state index in [0.29, 0.717) is 70.5 Å². The van der Waals surface area contributed by atoms with E-state index < -0.39 is 12.1 Å². The van der Waals surface area contributed by atoms with Gasteiger partial charge in [-0.05, 0) is 50.6 Å². The first-order valence-electron chi connectivity index (χ1n) is 20.5. The van der Waals surface area contributed by atoms with Crippen LogP contribution >= 0.6 is 39.0 Å². The molecule has 4 heterocycles. The number of amides is 4. The maximum absolute atomic E-state index is 13.1. The van der Waals surface area contributed by atoms with Crippen molar-refractivity contribution in [1.29, 1.82) is 0 Å². The zero-order chi connectivity index (χ0) is 42.6. The molecule has 3 aliphatic heterocycles. The van der Waals surface area contributed by atoms with Gasteiger partial charge in [0.25, 0.3) is 0 Å². The highest BCUT2D eigenvalue weighted by molar-refractivity contribution is 9.11. The number of halogens is 1. The largest absolute Gasteiger partial charge is 0.462 e. The Morgan fingerprint density at radius 3 is 2.49 bits per heavy atom. The van der Waals surface area contributed by atoms with E-state index in [0.717, 1.165) is 45.8 Å². The Morgan fingerprint density at radius 2 is 1.75 bits per heavy atom. The number of nitrogens with one attached hydrogen (secondary N) is 5. The lowest BCUT2D eigenvalue weighted by Gasteiger charge is -2.22. The van der Waals surface area contributed by atoms with Gasteiger partial charge in [0.2, 0.25) is 11.8 Å². The Kier molecular flexibility index (Phi) is 21.4. The summed E-state index contributed by atoms with van der Waals surface area (Å²) in [6, 6.07) is -0.0133. The average Bonchev–Trinajstić information content (AvgIpc) is 3.88. The van der Waals surface area contributed by atoms with Gasteiger partial charge in [0, 0.05) is 66.8 Å². The van der Waals surface area contributed by atoms with Gasteiger partial charge in [-0.2, -0.15) is 11.8 Å². The fraction of sp³-hybridized carbons (Fsp3) is 0.659. The van der Waals surface area contributed by atoms with Gasteiger partial charge in [-0.15, -0.1) is 11.3 Å². The molecule has 4 rings (SSSR count). The van der Waals surface area contributed by atoms with E-state index >= 15 is 0 Å². The Bertz CT molecular complexity index is 1640. The van der Waals surface area contributed by atoms with E-state index in [2.05, 4.69) is 42.5 Å². The van der Waals surface area contributed by atoms with Gasteiger partial charge in [-0.3, -0.25) is 14.4 Å². The van der Waals surface area contributed by atoms with Gasteiger partial charge in [0.15, 0.2) is 0 Å². The second kappa shape index (κ2) is 26.1. The molecule has 1 aromatic heterocycles. The smallest absolute Gasteiger partial charge is 0.331 e. The molecule has 5 N–H and O–H groups in total. The monoisotopic (exact) mass is 924 g/mol. The number of hydrogen-bond acceptors (Lipinski definition) is 13. The molecule has 1 aromatic rings. The number of carbonyl (C=O) groups is 5. The number of hydrogen-bond donors (Lipinski definition) is 5. The highest BCUT2D eigenvalue weighted by atomic mass is 79.9. The minimum atomic E-state index is -0.503. The van der Waals surface area contributed by atoms with E-state index in [4.69, 9.17) is 23.9 Å². The van der Waals surface area contributed by atoms with Crippen LogP contribution in [0.3, 0.4) is 0 Å². The van der Waals surface area contributed by atoms with E-state index in [9.17, 15) is 24.0 Å². The predicted molar refractivity (Wildman–Crippen MR) is 233 cm³/mol. The molecule has 0 spiro atoms. The van der Waals surface area contributed by atoms with Crippen molar-refractivity contribution in [2.75, 3.05) is 51.8 Å². The number of cyclic esters (lactones) is 2. The van der Waals surface area contributed by atoms with Gasteiger partial charge in [0.1, 0.15) is 12.2 Å². The number of carbonyl (C=O) groups excluding carboxylic acids is 5. The summed E-state index contributed by atoms with van der Waals surface area (Å²) in [6.07, 6.45) is 10.5. The Hall–Kier alpha value is -3.29. The molecule has 4 amide bonds. The number of thiazole rings is 1. The van der Waals surface area contributed by atoms with Crippen LogP contribution in [0.4, 0.5) is 4.79 Å². The minimum Gasteiger partial charge on any atom is -0.462 e. The summed E-state index contributed by atoms with van der Waals surface area (Å²) in [5, 5.41) is 18.1. The predicted octanol–water partition coefficient (Wildman–Crippen LogP) is 4.57. The third-order valence-corrected chi connectivity index (χ3v) is 12.5. The molecule has 2 bridgehead atoms. The first-order valence-corrected chi connectivity index (χ1v) is 23.2. The summed E-state index contributed by atoms with van der Waals surface area (Å²) < 4.78 is 23.4. The molecule has 0 aromatic carbocycles. The number of allylic oxidation sites excluding steroid dienone is 3. The summed E-state index contributed by atoms with van der Waals surface area (Å²) in [7, 11) is 0. The molecule has 328 valence electrons. The highest BCUT2D eigenvalue weighted by Gasteiger charge is 2.42. The Labute approximate surface area is 364 Å². The maximum atomic E-state index is 13.1. The second-order valence-electron chi connectivity index (χ2n) is 15.2. The van der Waals surface area contributed by atoms with Crippen molar-refractivity contribution in [3.63, 3.8) is 0 Å². The molecular weight excluding hydrogens is 865 g/mol. The van der Waals surface area contributed by atoms with Crippen molar-refractivity contribution in [2.24, 2.45) is 0 Å². The molecule has 2 saturated heterocycles. The topological polar surface area (TPSA) is 195 Å². The fourth-order valence-electron chi connectivity index (χ4n) is 7.02. The molecule has 15 nitrogen and oxygen atoms in total. The second-order valence-corrected chi connectivity index (χ2v) is 18.7. The fourth-order valence-corrected chi connectivity index (χ4v) is 9.82. The molecule has 3 unspecified atom stereocenters. The molecule has 2 fully saturated rings. The normalized spacial score (nSPS) is 27.1. The van der Waals surface area contributed by atoms with E-state index in [1.54, 1.807) is 12.2 Å². The van der Waals surface area contributed by atoms with Crippen LogP contribution in [0.2, 0.25) is 0 Å². The number of aromatic nitrogens is 1. The zero-order valence-corrected chi connectivity index (χ0v) is 37.8. The molecule has 18 heteroatoms. The molecule has 7 atom stereocenters. The van der Waals surface area contributed by atoms with Crippen molar-refractivity contribution in [2.45, 2.75) is 121 Å². The van der Waals surface area contributed by atoms with Gasteiger partial charge >= 0.3 is 18.0 Å². The molecular formula is C41H61BrN6O9S2. The van der Waals surface area contributed by atoms with Gasteiger partial charge in [0.05, 0.1) is 62.2 Å². The van der Waals surface area contributed by atoms with Crippen molar-refractivity contribution in [1.82, 2.24) is 31.6 Å². The first-order chi connectivity index (χ1) is 28.3. The standard InChI is InChI=1S/C41H61BrN6O9S2/c1-26-8-7-11-38(51)57-31(20-28(3)42)22-37-46-32(24-59-37)27(2)19-30(21-39(52)56-29(4)18-26)45-23-36(50)44-13-15-55-17-16-54-14-12-43-35(49)10-6-5-9-34-40-33(25-58-34)47-41(53)48-40/h7-8,11,20,24,27,29-31,33-34,40,45H,5-6,9-10,12-19,21-23,25H2,1-4H3,(H,43,49)(H,44,50)(H2,47,48,53)/b11-7-,26-8+,28-20+/t27-,29?,30?,31+,33-,34?,40-/m0/s1. The van der Waals surface area contributed by atoms with Gasteiger partial charge in [-0.25, -0.2) is 14.6 Å². The number of rotatable bonds is 18. The lowest BCUT2D eigenvalue weighted by Crippen LogP contribution is -2.42. The molecule has 0 radical (unpaired) electrons. The van der Waals surface area contributed by atoms with Crippen LogP contribution in [-0.4, -0.2) is 122 Å². The molecule has 0 aliphatic carbocycles. The van der Waals surface area contributed by atoms with E-state index in [1.807, 2.05) is 50.9 Å². The van der Waals surface area contributed by atoms with Crippen LogP contribution in [0.1, 0.15) is 89.3 Å². The van der Waals surface area contributed by atoms with Crippen LogP contribution in [0.5, 0.6) is 0 Å². The van der Waals surface area contributed by atoms with Crippen molar-refractivity contribution < 1.29 is 42.9 Å². The molecule has 59 heavy (non-hydrogen) atoms. The average molecular weight is 926 g/mol. The summed E-state index contributed by atoms with van der Waals surface area (Å²) >= 11 is 6.82. The zero-order valence-electron chi connectivity index (χ0n) is 34.6. The van der Waals surface area contributed by atoms with Gasteiger partial charge < -0.3 is 45.5 Å². The van der Waals surface area contributed by atoms with Crippen molar-refractivity contribution >= 4 is 68.8 Å². The molecule has 0 saturated carbocycles. The van der Waals surface area contributed by atoms with Crippen LogP contribution in [0.25, 0.3) is 0 Å². The minimum absolute atomic E-state index is 0.00295. The number of esters is 2. The SMILES string of the molecule is C/C(Br)=C\[C@@H]1Cc2nc(cs2)[C@@H](C)CC(NCC(=O)NCCOCCOCCNC(=O)CCCCC2SC[C@@H]3NC(=O)N[C@H]23)CC(=O)OC(C)C/C(C)=C/C=C\C(=O)O1. The first kappa shape index (κ1) is 48.4. The third-order valence-electron chi connectivity index (χ3n) is 9.88. The lowest BCUT2D eigenvalue weighted by molar-refractivity contribution is -0.149. The Morgan fingerprint density at radius 1 is 1.00 bits per heavy atom. The quantitative estimate of drug-likeness (QED) is 0.0784. The van der Waals surface area contributed by atoms with Crippen LogP contribution in [-0.2, 0) is 44.5 Å². The van der Waals surface area contributed by atoms with Crippen LogP contribution in [0, 0.1) is 0 Å². The number of unbranched alkanes of at least 4 members (excludes halogenated alkanes) is 1. The summed E-state index contributed by atoms with van der Waals surface area (Å²) in [5.74, 6) is -0.155. The van der Waals surface area contributed by atoms with E-state index in [-0.39, 0.29) is 66.9 Å². The number of thioether (sulfide) groups is 1. The van der Waals surface area contributed by atoms with Crippen molar-refractivity contribution in [3.8, 4) is 0 Å². The maximum Gasteiger partial charge on any atom is 0.331 e. The van der Waals surface area contributed by atoms with Crippen molar-refractivity contribution in [3.05, 3.63) is 50.4 Å². The Balaban J connectivity index is 1.11. The van der Waals surface area contributed by atoms with Gasteiger partial charge in [-0.1, -0.05) is 47.0 Å². The van der Waals surface area contributed by atoms with Crippen LogP contribution in [0.15, 0.2) is 39.7 Å². The van der Waals surface area contributed by atoms with E-state index in [1.165, 1.54) is 17.4 Å².